The predicted octanol–water partition coefficient (Wildman–Crippen LogP) is 1.60. The number of nitrogens with one attached hydrogen (secondary N) is 1. The summed E-state index contributed by atoms with van der Waals surface area (Å²) in [6.45, 7) is 1.61. The summed E-state index contributed by atoms with van der Waals surface area (Å²) in [6, 6.07) is 4.32. The Morgan fingerprint density at radius 2 is 2.00 bits per heavy atom. The van der Waals surface area contributed by atoms with Gasteiger partial charge in [0.15, 0.2) is 0 Å². The molecule has 0 radical (unpaired) electrons. The highest BCUT2D eigenvalue weighted by molar-refractivity contribution is 7.89. The van der Waals surface area contributed by atoms with Crippen LogP contribution in [-0.2, 0) is 14.8 Å². The average molecular weight is 339 g/mol. The van der Waals surface area contributed by atoms with E-state index in [0.29, 0.717) is 36.3 Å². The molecule has 1 heterocycles. The van der Waals surface area contributed by atoms with E-state index in [9.17, 15) is 8.42 Å². The molecule has 8 heteroatoms. The molecule has 5 nitrogen and oxygen atoms in total. The molecule has 1 aromatic rings. The lowest BCUT2D eigenvalue weighted by Crippen LogP contribution is -2.48. The third-order valence-electron chi connectivity index (χ3n) is 3.01. The van der Waals surface area contributed by atoms with Crippen molar-refractivity contribution in [2.24, 2.45) is 0 Å². The first-order valence-electron chi connectivity index (χ1n) is 6.16. The van der Waals surface area contributed by atoms with Crippen LogP contribution in [0.15, 0.2) is 23.1 Å². The van der Waals surface area contributed by atoms with Crippen LogP contribution in [0.1, 0.15) is 0 Å². The molecule has 20 heavy (non-hydrogen) atoms. The van der Waals surface area contributed by atoms with Crippen LogP contribution >= 0.6 is 23.2 Å². The highest BCUT2D eigenvalue weighted by Crippen LogP contribution is 2.25. The molecule has 112 valence electrons. The highest BCUT2D eigenvalue weighted by Gasteiger charge is 2.30. The van der Waals surface area contributed by atoms with E-state index in [0.717, 1.165) is 0 Å². The quantitative estimate of drug-likeness (QED) is 0.905. The van der Waals surface area contributed by atoms with Crippen molar-refractivity contribution in [3.8, 4) is 0 Å². The lowest BCUT2D eigenvalue weighted by atomic mass is 10.3. The Kier molecular flexibility index (Phi) is 5.28. The van der Waals surface area contributed by atoms with Gasteiger partial charge in [-0.1, -0.05) is 23.2 Å². The number of hydrogen-bond acceptors (Lipinski definition) is 4. The Bertz CT molecular complexity index is 558. The molecule has 0 spiro atoms. The smallest absolute Gasteiger partial charge is 0.243 e. The van der Waals surface area contributed by atoms with E-state index in [1.54, 1.807) is 7.05 Å². The molecule has 1 fully saturated rings. The summed E-state index contributed by atoms with van der Waals surface area (Å²) in [7, 11) is -1.80. The van der Waals surface area contributed by atoms with E-state index < -0.39 is 10.0 Å². The first-order chi connectivity index (χ1) is 9.43. The number of benzene rings is 1. The molecule has 0 aliphatic carbocycles. The zero-order chi connectivity index (χ0) is 14.8. The molecule has 0 saturated carbocycles. The van der Waals surface area contributed by atoms with Crippen molar-refractivity contribution >= 4 is 33.2 Å². The molecule has 1 aliphatic heterocycles. The molecule has 0 aromatic heterocycles. The molecule has 2 rings (SSSR count). The zero-order valence-corrected chi connectivity index (χ0v) is 13.3. The number of hydrogen-bond donors (Lipinski definition) is 1. The van der Waals surface area contributed by atoms with E-state index in [1.165, 1.54) is 22.5 Å². The summed E-state index contributed by atoms with van der Waals surface area (Å²) in [6.07, 6.45) is -0.154. The number of nitrogens with zero attached hydrogens (tertiary/aromatic N) is 1. The van der Waals surface area contributed by atoms with Crippen LogP contribution < -0.4 is 5.32 Å². The van der Waals surface area contributed by atoms with Crippen molar-refractivity contribution in [1.82, 2.24) is 9.62 Å². The highest BCUT2D eigenvalue weighted by atomic mass is 35.5. The molecular weight excluding hydrogens is 323 g/mol. The predicted molar refractivity (Wildman–Crippen MR) is 78.9 cm³/mol. The molecule has 1 N–H and O–H groups in total. The maximum Gasteiger partial charge on any atom is 0.243 e. The van der Waals surface area contributed by atoms with Crippen LogP contribution in [0.5, 0.6) is 0 Å². The number of likely N-dealkylation sites (N-methyl/N-ethyl adjacent to an activating group) is 1. The fourth-order valence-corrected chi connectivity index (χ4v) is 4.27. The SMILES string of the molecule is CNCC1CN(S(=O)(=O)c2cc(Cl)cc(Cl)c2)CCO1. The van der Waals surface area contributed by atoms with Crippen LogP contribution in [0.2, 0.25) is 10.0 Å². The van der Waals surface area contributed by atoms with Gasteiger partial charge in [0.2, 0.25) is 10.0 Å². The number of rotatable bonds is 4. The first-order valence-corrected chi connectivity index (χ1v) is 8.35. The molecule has 0 amide bonds. The molecule has 1 atom stereocenters. The van der Waals surface area contributed by atoms with Gasteiger partial charge in [-0.25, -0.2) is 8.42 Å². The Morgan fingerprint density at radius 1 is 1.35 bits per heavy atom. The second-order valence-electron chi connectivity index (χ2n) is 4.52. The third kappa shape index (κ3) is 3.63. The largest absolute Gasteiger partial charge is 0.374 e. The van der Waals surface area contributed by atoms with Crippen molar-refractivity contribution in [2.45, 2.75) is 11.0 Å². The molecule has 1 saturated heterocycles. The minimum atomic E-state index is -3.60. The van der Waals surface area contributed by atoms with E-state index in [2.05, 4.69) is 5.32 Å². The van der Waals surface area contributed by atoms with Gasteiger partial charge in [-0.15, -0.1) is 0 Å². The van der Waals surface area contributed by atoms with Crippen molar-refractivity contribution in [3.05, 3.63) is 28.2 Å². The molecule has 0 bridgehead atoms. The van der Waals surface area contributed by atoms with Gasteiger partial charge in [-0.05, 0) is 25.2 Å². The topological polar surface area (TPSA) is 58.6 Å². The minimum absolute atomic E-state index is 0.111. The summed E-state index contributed by atoms with van der Waals surface area (Å²) < 4.78 is 32.1. The van der Waals surface area contributed by atoms with Crippen LogP contribution in [0, 0.1) is 0 Å². The number of ether oxygens (including phenoxy) is 1. The third-order valence-corrected chi connectivity index (χ3v) is 5.29. The average Bonchev–Trinajstić information content (AvgIpc) is 2.38. The van der Waals surface area contributed by atoms with E-state index >= 15 is 0 Å². The summed E-state index contributed by atoms with van der Waals surface area (Å²) in [5.74, 6) is 0. The van der Waals surface area contributed by atoms with Gasteiger partial charge in [0.1, 0.15) is 0 Å². The van der Waals surface area contributed by atoms with E-state index in [-0.39, 0.29) is 11.0 Å². The van der Waals surface area contributed by atoms with Crippen LogP contribution in [0.3, 0.4) is 0 Å². The van der Waals surface area contributed by atoms with Crippen molar-refractivity contribution in [1.29, 1.82) is 0 Å². The summed E-state index contributed by atoms with van der Waals surface area (Å²) >= 11 is 11.7. The number of morpholine rings is 1. The van der Waals surface area contributed by atoms with Gasteiger partial charge in [0.05, 0.1) is 17.6 Å². The minimum Gasteiger partial charge on any atom is -0.374 e. The summed E-state index contributed by atoms with van der Waals surface area (Å²) in [5, 5.41) is 3.58. The second-order valence-corrected chi connectivity index (χ2v) is 7.33. The molecular formula is C12H16Cl2N2O3S. The number of sulfonamides is 1. The van der Waals surface area contributed by atoms with Crippen molar-refractivity contribution < 1.29 is 13.2 Å². The van der Waals surface area contributed by atoms with E-state index in [1.807, 2.05) is 0 Å². The normalized spacial score (nSPS) is 21.1. The lowest BCUT2D eigenvalue weighted by Gasteiger charge is -2.32. The standard InChI is InChI=1S/C12H16Cl2N2O3S/c1-15-7-11-8-16(2-3-19-11)20(17,18)12-5-9(13)4-10(14)6-12/h4-6,11,15H,2-3,7-8H2,1H3. The van der Waals surface area contributed by atoms with Gasteiger partial charge in [-0.2, -0.15) is 4.31 Å². The molecule has 1 aromatic carbocycles. The maximum absolute atomic E-state index is 12.6. The van der Waals surface area contributed by atoms with Gasteiger partial charge in [-0.3, -0.25) is 0 Å². The van der Waals surface area contributed by atoms with E-state index in [4.69, 9.17) is 27.9 Å². The second kappa shape index (κ2) is 6.60. The maximum atomic E-state index is 12.6. The van der Waals surface area contributed by atoms with Crippen LogP contribution in [-0.4, -0.2) is 52.1 Å². The van der Waals surface area contributed by atoms with Crippen LogP contribution in [0.25, 0.3) is 0 Å². The van der Waals surface area contributed by atoms with Gasteiger partial charge < -0.3 is 10.1 Å². The molecule has 1 aliphatic rings. The fourth-order valence-electron chi connectivity index (χ4n) is 2.09. The Balaban J connectivity index is 2.25. The number of halogens is 2. The Morgan fingerprint density at radius 3 is 2.60 bits per heavy atom. The summed E-state index contributed by atoms with van der Waals surface area (Å²) in [4.78, 5) is 0.111. The first kappa shape index (κ1) is 16.0. The van der Waals surface area contributed by atoms with Gasteiger partial charge >= 0.3 is 0 Å². The van der Waals surface area contributed by atoms with Crippen LogP contribution in [0.4, 0.5) is 0 Å². The zero-order valence-electron chi connectivity index (χ0n) is 11.0. The Hall–Kier alpha value is -0.370. The lowest BCUT2D eigenvalue weighted by molar-refractivity contribution is 0.000824. The Labute approximate surface area is 128 Å². The monoisotopic (exact) mass is 338 g/mol. The van der Waals surface area contributed by atoms with Gasteiger partial charge in [0, 0.05) is 29.7 Å². The summed E-state index contributed by atoms with van der Waals surface area (Å²) in [5.41, 5.74) is 0. The van der Waals surface area contributed by atoms with Crippen molar-refractivity contribution in [3.63, 3.8) is 0 Å². The fraction of sp³-hybridized carbons (Fsp3) is 0.500. The molecule has 1 unspecified atom stereocenters. The van der Waals surface area contributed by atoms with Gasteiger partial charge in [0.25, 0.3) is 0 Å². The van der Waals surface area contributed by atoms with Crippen molar-refractivity contribution in [2.75, 3.05) is 33.3 Å².